The van der Waals surface area contributed by atoms with Gasteiger partial charge in [-0.15, -0.1) is 0 Å². The van der Waals surface area contributed by atoms with E-state index in [-0.39, 0.29) is 34.6 Å². The average molecular weight is 518 g/mol. The molecule has 0 fully saturated rings. The van der Waals surface area contributed by atoms with Crippen LogP contribution in [0.25, 0.3) is 0 Å². The van der Waals surface area contributed by atoms with Crippen molar-refractivity contribution in [2.75, 3.05) is 6.61 Å². The van der Waals surface area contributed by atoms with Crippen molar-refractivity contribution < 1.29 is 38.4 Å². The SMILES string of the molecule is CCOC(=O)c1c(C)[nH]c(C(=O)[C@@H](C)OC(=O)c2ccc3c(c2[N+](=O)[O-])C(=O)c2ccccc2C3=O)c1C. The van der Waals surface area contributed by atoms with Crippen molar-refractivity contribution in [1.29, 1.82) is 0 Å². The molecule has 1 heterocycles. The molecule has 1 aliphatic rings. The van der Waals surface area contributed by atoms with Crippen LogP contribution in [-0.2, 0) is 9.47 Å². The number of nitrogens with zero attached hydrogens (tertiary/aromatic N) is 1. The number of hydrogen-bond donors (Lipinski definition) is 1. The van der Waals surface area contributed by atoms with E-state index in [0.29, 0.717) is 11.3 Å². The number of esters is 2. The van der Waals surface area contributed by atoms with Gasteiger partial charge in [0.05, 0.1) is 22.8 Å². The third-order valence-corrected chi connectivity index (χ3v) is 6.28. The topological polar surface area (TPSA) is 163 Å². The minimum atomic E-state index is -1.41. The summed E-state index contributed by atoms with van der Waals surface area (Å²) < 4.78 is 10.3. The summed E-state index contributed by atoms with van der Waals surface area (Å²) in [5.74, 6) is -3.89. The van der Waals surface area contributed by atoms with E-state index in [0.717, 1.165) is 12.1 Å². The van der Waals surface area contributed by atoms with Gasteiger partial charge in [-0.05, 0) is 45.4 Å². The van der Waals surface area contributed by atoms with Crippen LogP contribution in [0.1, 0.15) is 88.2 Å². The highest BCUT2D eigenvalue weighted by atomic mass is 16.6. The first-order valence-corrected chi connectivity index (χ1v) is 11.6. The molecule has 3 aromatic rings. The molecule has 0 amide bonds. The molecule has 1 atom stereocenters. The van der Waals surface area contributed by atoms with Crippen LogP contribution in [0.3, 0.4) is 0 Å². The number of nitro benzene ring substituents is 1. The maximum Gasteiger partial charge on any atom is 0.345 e. The third-order valence-electron chi connectivity index (χ3n) is 6.28. The van der Waals surface area contributed by atoms with Crippen LogP contribution in [0.15, 0.2) is 36.4 Å². The number of nitro groups is 1. The molecule has 38 heavy (non-hydrogen) atoms. The lowest BCUT2D eigenvalue weighted by Gasteiger charge is -2.18. The Morgan fingerprint density at radius 2 is 1.61 bits per heavy atom. The van der Waals surface area contributed by atoms with Crippen molar-refractivity contribution in [3.63, 3.8) is 0 Å². The predicted molar refractivity (Wildman–Crippen MR) is 132 cm³/mol. The van der Waals surface area contributed by atoms with E-state index in [1.54, 1.807) is 19.9 Å². The first-order valence-electron chi connectivity index (χ1n) is 11.6. The number of aromatic amines is 1. The first kappa shape index (κ1) is 26.1. The lowest BCUT2D eigenvalue weighted by atomic mass is 9.82. The van der Waals surface area contributed by atoms with Crippen LogP contribution in [0.5, 0.6) is 0 Å². The fraction of sp³-hybridized carbons (Fsp3) is 0.222. The van der Waals surface area contributed by atoms with Gasteiger partial charge in [-0.2, -0.15) is 0 Å². The summed E-state index contributed by atoms with van der Waals surface area (Å²) in [4.78, 5) is 78.3. The number of rotatable bonds is 7. The van der Waals surface area contributed by atoms with Gasteiger partial charge in [-0.25, -0.2) is 9.59 Å². The van der Waals surface area contributed by atoms with Crippen LogP contribution in [0.4, 0.5) is 5.69 Å². The van der Waals surface area contributed by atoms with E-state index >= 15 is 0 Å². The van der Waals surface area contributed by atoms with Gasteiger partial charge < -0.3 is 14.5 Å². The molecular weight excluding hydrogens is 496 g/mol. The van der Waals surface area contributed by atoms with Crippen molar-refractivity contribution in [2.24, 2.45) is 0 Å². The summed E-state index contributed by atoms with van der Waals surface area (Å²) in [6, 6.07) is 8.08. The third kappa shape index (κ3) is 4.17. The zero-order valence-electron chi connectivity index (χ0n) is 20.9. The number of H-pyrrole nitrogens is 1. The van der Waals surface area contributed by atoms with E-state index in [1.165, 1.54) is 32.0 Å². The monoisotopic (exact) mass is 518 g/mol. The Labute approximate surface area is 215 Å². The van der Waals surface area contributed by atoms with Gasteiger partial charge in [-0.1, -0.05) is 24.3 Å². The van der Waals surface area contributed by atoms with E-state index in [1.807, 2.05) is 0 Å². The second-order valence-corrected chi connectivity index (χ2v) is 8.60. The van der Waals surface area contributed by atoms with Gasteiger partial charge in [0.1, 0.15) is 11.1 Å². The van der Waals surface area contributed by atoms with E-state index in [9.17, 15) is 34.1 Å². The molecule has 0 saturated carbocycles. The molecule has 11 heteroatoms. The predicted octanol–water partition coefficient (Wildman–Crippen LogP) is 3.92. The molecule has 1 aromatic heterocycles. The van der Waals surface area contributed by atoms with Crippen molar-refractivity contribution in [3.05, 3.63) is 96.8 Å². The molecule has 0 spiro atoms. The summed E-state index contributed by atoms with van der Waals surface area (Å²) in [6.07, 6.45) is -1.41. The van der Waals surface area contributed by atoms with Crippen molar-refractivity contribution in [2.45, 2.75) is 33.8 Å². The standard InChI is InChI=1S/C27H22N2O9/c1-5-37-27(34)19-12(2)21(28-13(19)3)23(30)14(4)38-26(33)18-11-10-17-20(22(18)29(35)36)25(32)16-9-7-6-8-15(16)24(17)31/h6-11,14,28H,5H2,1-4H3/t14-/m1/s1. The average Bonchev–Trinajstić information content (AvgIpc) is 3.19. The lowest BCUT2D eigenvalue weighted by Crippen LogP contribution is -2.27. The second-order valence-electron chi connectivity index (χ2n) is 8.60. The normalized spacial score (nSPS) is 12.8. The highest BCUT2D eigenvalue weighted by Crippen LogP contribution is 2.36. The highest BCUT2D eigenvalue weighted by molar-refractivity contribution is 6.30. The maximum absolute atomic E-state index is 13.1. The van der Waals surface area contributed by atoms with Crippen LogP contribution in [0.2, 0.25) is 0 Å². The number of aryl methyl sites for hydroxylation is 1. The van der Waals surface area contributed by atoms with Crippen molar-refractivity contribution >= 4 is 35.0 Å². The first-order chi connectivity index (χ1) is 18.0. The lowest BCUT2D eigenvalue weighted by molar-refractivity contribution is -0.385. The molecule has 11 nitrogen and oxygen atoms in total. The smallest absolute Gasteiger partial charge is 0.345 e. The summed E-state index contributed by atoms with van der Waals surface area (Å²) in [6.45, 7) is 6.17. The molecule has 0 unspecified atom stereocenters. The summed E-state index contributed by atoms with van der Waals surface area (Å²) in [7, 11) is 0. The van der Waals surface area contributed by atoms with Gasteiger partial charge >= 0.3 is 11.9 Å². The second kappa shape index (κ2) is 9.85. The molecule has 194 valence electrons. The fourth-order valence-corrected chi connectivity index (χ4v) is 4.51. The fourth-order valence-electron chi connectivity index (χ4n) is 4.51. The van der Waals surface area contributed by atoms with Gasteiger partial charge in [0.2, 0.25) is 11.6 Å². The molecule has 0 saturated heterocycles. The van der Waals surface area contributed by atoms with Crippen molar-refractivity contribution in [1.82, 2.24) is 4.98 Å². The van der Waals surface area contributed by atoms with Crippen LogP contribution < -0.4 is 0 Å². The number of hydrogen-bond acceptors (Lipinski definition) is 9. The number of carbonyl (C=O) groups excluding carboxylic acids is 5. The van der Waals surface area contributed by atoms with Crippen LogP contribution in [0, 0.1) is 24.0 Å². The highest BCUT2D eigenvalue weighted by Gasteiger charge is 2.39. The maximum atomic E-state index is 13.1. The number of fused-ring (bicyclic) bond motifs is 2. The Balaban J connectivity index is 1.68. The Hall–Kier alpha value is -4.93. The number of aromatic nitrogens is 1. The summed E-state index contributed by atoms with van der Waals surface area (Å²) in [5.41, 5.74) is -1.20. The molecule has 4 rings (SSSR count). The molecule has 1 aliphatic carbocycles. The Kier molecular flexibility index (Phi) is 6.77. The van der Waals surface area contributed by atoms with E-state index in [4.69, 9.17) is 9.47 Å². The molecular formula is C27H22N2O9. The minimum Gasteiger partial charge on any atom is -0.462 e. The summed E-state index contributed by atoms with van der Waals surface area (Å²) in [5, 5.41) is 12.0. The number of Topliss-reactive ketones (excluding diaryl/α,β-unsaturated/α-hetero) is 1. The summed E-state index contributed by atoms with van der Waals surface area (Å²) >= 11 is 0. The van der Waals surface area contributed by atoms with Gasteiger partial charge in [0.15, 0.2) is 11.9 Å². The number of ether oxygens (including phenoxy) is 2. The van der Waals surface area contributed by atoms with E-state index in [2.05, 4.69) is 4.98 Å². The Morgan fingerprint density at radius 1 is 0.974 bits per heavy atom. The quantitative estimate of drug-likeness (QED) is 0.165. The molecule has 1 N–H and O–H groups in total. The number of benzene rings is 2. The van der Waals surface area contributed by atoms with Crippen LogP contribution in [-0.4, -0.2) is 51.9 Å². The zero-order valence-corrected chi connectivity index (χ0v) is 20.9. The molecule has 0 bridgehead atoms. The largest absolute Gasteiger partial charge is 0.462 e. The van der Waals surface area contributed by atoms with Crippen LogP contribution >= 0.6 is 0 Å². The number of carbonyl (C=O) groups is 5. The van der Waals surface area contributed by atoms with Gasteiger partial charge in [-0.3, -0.25) is 24.5 Å². The Bertz CT molecular complexity index is 1560. The molecule has 0 aliphatic heterocycles. The minimum absolute atomic E-state index is 0.0165. The number of ketones is 3. The van der Waals surface area contributed by atoms with Crippen molar-refractivity contribution in [3.8, 4) is 0 Å². The van der Waals surface area contributed by atoms with Gasteiger partial charge in [0, 0.05) is 22.4 Å². The molecule has 0 radical (unpaired) electrons. The van der Waals surface area contributed by atoms with Gasteiger partial charge in [0.25, 0.3) is 5.69 Å². The number of nitrogens with one attached hydrogen (secondary N) is 1. The molecule has 2 aromatic carbocycles. The Morgan fingerprint density at radius 3 is 2.21 bits per heavy atom. The van der Waals surface area contributed by atoms with E-state index < -0.39 is 57.1 Å². The zero-order chi connectivity index (χ0) is 27.9.